The number of esters is 1. The van der Waals surface area contributed by atoms with Gasteiger partial charge in [0, 0.05) is 18.5 Å². The first kappa shape index (κ1) is 13.0. The van der Waals surface area contributed by atoms with E-state index in [1.165, 1.54) is 7.11 Å². The van der Waals surface area contributed by atoms with Gasteiger partial charge in [-0.3, -0.25) is 4.98 Å². The van der Waals surface area contributed by atoms with E-state index in [1.54, 1.807) is 29.2 Å². The molecule has 0 fully saturated rings. The van der Waals surface area contributed by atoms with Gasteiger partial charge in [0.15, 0.2) is 11.5 Å². The van der Waals surface area contributed by atoms with Crippen molar-refractivity contribution in [1.82, 2.24) is 19.7 Å². The topological polar surface area (TPSA) is 69.9 Å². The number of hydrogen-bond acceptors (Lipinski definition) is 5. The number of ether oxygens (including phenoxy) is 1. The Morgan fingerprint density at radius 1 is 1.10 bits per heavy atom. The molecule has 6 nitrogen and oxygen atoms in total. The van der Waals surface area contributed by atoms with Gasteiger partial charge in [0.2, 0.25) is 0 Å². The maximum Gasteiger partial charge on any atom is 0.358 e. The van der Waals surface area contributed by atoms with Crippen molar-refractivity contribution in [2.45, 2.75) is 0 Å². The number of carbonyl (C=O) groups is 1. The smallest absolute Gasteiger partial charge is 0.358 e. The second-order valence-corrected chi connectivity index (χ2v) is 4.22. The van der Waals surface area contributed by atoms with Crippen LogP contribution in [0, 0.1) is 0 Å². The van der Waals surface area contributed by atoms with E-state index in [2.05, 4.69) is 15.1 Å². The van der Waals surface area contributed by atoms with Gasteiger partial charge in [-0.05, 0) is 24.3 Å². The predicted molar refractivity (Wildman–Crippen MR) is 75.9 cm³/mol. The third-order valence-corrected chi connectivity index (χ3v) is 2.90. The molecule has 0 saturated heterocycles. The van der Waals surface area contributed by atoms with Gasteiger partial charge in [-0.15, -0.1) is 0 Å². The summed E-state index contributed by atoms with van der Waals surface area (Å²) in [6.45, 7) is 0. The number of aromatic nitrogens is 4. The van der Waals surface area contributed by atoms with E-state index in [4.69, 9.17) is 4.74 Å². The molecule has 0 atom stereocenters. The zero-order chi connectivity index (χ0) is 14.7. The van der Waals surface area contributed by atoms with Crippen LogP contribution in [0.1, 0.15) is 10.5 Å². The standard InChI is InChI=1S/C15H12N4O2/c1-21-15(20)12-10-13(11-6-2-4-8-16-11)19(18-12)14-7-3-5-9-17-14/h2-10H,1H3. The lowest BCUT2D eigenvalue weighted by Gasteiger charge is -2.05. The molecular weight excluding hydrogens is 268 g/mol. The normalized spacial score (nSPS) is 10.3. The highest BCUT2D eigenvalue weighted by molar-refractivity contribution is 5.88. The van der Waals surface area contributed by atoms with Gasteiger partial charge in [-0.25, -0.2) is 14.5 Å². The number of carbonyl (C=O) groups excluding carboxylic acids is 1. The monoisotopic (exact) mass is 280 g/mol. The highest BCUT2D eigenvalue weighted by atomic mass is 16.5. The zero-order valence-electron chi connectivity index (χ0n) is 11.3. The summed E-state index contributed by atoms with van der Waals surface area (Å²) in [6.07, 6.45) is 3.35. The van der Waals surface area contributed by atoms with Crippen molar-refractivity contribution < 1.29 is 9.53 Å². The van der Waals surface area contributed by atoms with Gasteiger partial charge in [-0.2, -0.15) is 5.10 Å². The summed E-state index contributed by atoms with van der Waals surface area (Å²) >= 11 is 0. The summed E-state index contributed by atoms with van der Waals surface area (Å²) in [7, 11) is 1.32. The summed E-state index contributed by atoms with van der Waals surface area (Å²) in [5.74, 6) is 0.107. The van der Waals surface area contributed by atoms with Gasteiger partial charge in [0.1, 0.15) is 0 Å². The molecule has 0 spiro atoms. The number of hydrogen-bond donors (Lipinski definition) is 0. The van der Waals surface area contributed by atoms with E-state index in [1.807, 2.05) is 30.3 Å². The highest BCUT2D eigenvalue weighted by Crippen LogP contribution is 2.21. The molecule has 0 radical (unpaired) electrons. The summed E-state index contributed by atoms with van der Waals surface area (Å²) in [5, 5.41) is 4.27. The summed E-state index contributed by atoms with van der Waals surface area (Å²) < 4.78 is 6.30. The number of rotatable bonds is 3. The van der Waals surface area contributed by atoms with Crippen LogP contribution in [0.2, 0.25) is 0 Å². The number of methoxy groups -OCH3 is 1. The molecule has 6 heteroatoms. The van der Waals surface area contributed by atoms with E-state index < -0.39 is 5.97 Å². The van der Waals surface area contributed by atoms with E-state index in [-0.39, 0.29) is 5.69 Å². The second kappa shape index (κ2) is 5.54. The largest absolute Gasteiger partial charge is 0.464 e. The molecule has 3 aromatic rings. The average Bonchev–Trinajstić information content (AvgIpc) is 3.01. The van der Waals surface area contributed by atoms with Crippen molar-refractivity contribution in [2.24, 2.45) is 0 Å². The maximum absolute atomic E-state index is 11.7. The van der Waals surface area contributed by atoms with Gasteiger partial charge in [-0.1, -0.05) is 12.1 Å². The lowest BCUT2D eigenvalue weighted by atomic mass is 10.2. The van der Waals surface area contributed by atoms with Crippen LogP contribution in [0.4, 0.5) is 0 Å². The van der Waals surface area contributed by atoms with Crippen LogP contribution >= 0.6 is 0 Å². The van der Waals surface area contributed by atoms with E-state index in [0.717, 1.165) is 0 Å². The van der Waals surface area contributed by atoms with Gasteiger partial charge in [0.05, 0.1) is 18.5 Å². The van der Waals surface area contributed by atoms with Gasteiger partial charge < -0.3 is 4.74 Å². The Morgan fingerprint density at radius 2 is 1.86 bits per heavy atom. The quantitative estimate of drug-likeness (QED) is 0.687. The molecule has 104 valence electrons. The van der Waals surface area contributed by atoms with E-state index in [9.17, 15) is 4.79 Å². The molecule has 0 aliphatic carbocycles. The van der Waals surface area contributed by atoms with Crippen LogP contribution in [0.15, 0.2) is 54.9 Å². The van der Waals surface area contributed by atoms with Gasteiger partial charge >= 0.3 is 5.97 Å². The maximum atomic E-state index is 11.7. The minimum Gasteiger partial charge on any atom is -0.464 e. The van der Waals surface area contributed by atoms with Crippen molar-refractivity contribution in [1.29, 1.82) is 0 Å². The molecular formula is C15H12N4O2. The molecule has 21 heavy (non-hydrogen) atoms. The Balaban J connectivity index is 2.18. The Kier molecular flexibility index (Phi) is 3.42. The Labute approximate surface area is 121 Å². The van der Waals surface area contributed by atoms with Crippen LogP contribution < -0.4 is 0 Å². The fourth-order valence-electron chi connectivity index (χ4n) is 1.94. The SMILES string of the molecule is COC(=O)c1cc(-c2ccccn2)n(-c2ccccn2)n1. The van der Waals surface area contributed by atoms with Crippen molar-refractivity contribution in [3.63, 3.8) is 0 Å². The molecule has 3 heterocycles. The minimum absolute atomic E-state index is 0.212. The fraction of sp³-hybridized carbons (Fsp3) is 0.0667. The molecule has 3 aromatic heterocycles. The molecule has 0 bridgehead atoms. The van der Waals surface area contributed by atoms with Crippen molar-refractivity contribution in [3.05, 3.63) is 60.6 Å². The average molecular weight is 280 g/mol. The van der Waals surface area contributed by atoms with Crippen LogP contribution in [0.5, 0.6) is 0 Å². The summed E-state index contributed by atoms with van der Waals surface area (Å²) in [6, 6.07) is 12.7. The first-order valence-corrected chi connectivity index (χ1v) is 6.31. The van der Waals surface area contributed by atoms with Crippen LogP contribution in [-0.2, 0) is 4.74 Å². The Hall–Kier alpha value is -3.02. The molecule has 0 aliphatic rings. The van der Waals surface area contributed by atoms with Crippen LogP contribution in [0.3, 0.4) is 0 Å². The van der Waals surface area contributed by atoms with Crippen molar-refractivity contribution >= 4 is 5.97 Å². The summed E-state index contributed by atoms with van der Waals surface area (Å²) in [5.41, 5.74) is 1.59. The first-order valence-electron chi connectivity index (χ1n) is 6.31. The van der Waals surface area contributed by atoms with Crippen molar-refractivity contribution in [2.75, 3.05) is 7.11 Å². The summed E-state index contributed by atoms with van der Waals surface area (Å²) in [4.78, 5) is 20.2. The Bertz CT molecular complexity index is 697. The van der Waals surface area contributed by atoms with Crippen LogP contribution in [0.25, 0.3) is 17.2 Å². The lowest BCUT2D eigenvalue weighted by Crippen LogP contribution is -2.05. The van der Waals surface area contributed by atoms with Crippen LogP contribution in [-0.4, -0.2) is 32.8 Å². The van der Waals surface area contributed by atoms with Crippen molar-refractivity contribution in [3.8, 4) is 17.2 Å². The second-order valence-electron chi connectivity index (χ2n) is 4.22. The van der Waals surface area contributed by atoms with E-state index in [0.29, 0.717) is 17.2 Å². The van der Waals surface area contributed by atoms with Gasteiger partial charge in [0.25, 0.3) is 0 Å². The third kappa shape index (κ3) is 2.51. The fourth-order valence-corrected chi connectivity index (χ4v) is 1.94. The number of nitrogens with zero attached hydrogens (tertiary/aromatic N) is 4. The van der Waals surface area contributed by atoms with E-state index >= 15 is 0 Å². The molecule has 0 saturated carbocycles. The zero-order valence-corrected chi connectivity index (χ0v) is 11.3. The predicted octanol–water partition coefficient (Wildman–Crippen LogP) is 2.12. The minimum atomic E-state index is -0.498. The Morgan fingerprint density at radius 3 is 2.48 bits per heavy atom. The molecule has 0 unspecified atom stereocenters. The molecule has 0 N–H and O–H groups in total. The molecule has 0 aromatic carbocycles. The highest BCUT2D eigenvalue weighted by Gasteiger charge is 2.18. The lowest BCUT2D eigenvalue weighted by molar-refractivity contribution is 0.0593. The molecule has 0 aliphatic heterocycles. The molecule has 0 amide bonds. The number of pyridine rings is 2. The molecule has 3 rings (SSSR count). The third-order valence-electron chi connectivity index (χ3n) is 2.90. The first-order chi connectivity index (χ1) is 10.3.